The van der Waals surface area contributed by atoms with E-state index in [1.165, 1.54) is 20.8 Å². The first-order valence-electron chi connectivity index (χ1n) is 10.0. The van der Waals surface area contributed by atoms with Crippen LogP contribution in [-0.4, -0.2) is 68.6 Å². The van der Waals surface area contributed by atoms with Crippen molar-refractivity contribution >= 4 is 24.4 Å². The zero-order chi connectivity index (χ0) is 23.7. The summed E-state index contributed by atoms with van der Waals surface area (Å²) in [6.45, 7) is 4.00. The minimum atomic E-state index is -1.16. The number of esters is 3. The van der Waals surface area contributed by atoms with E-state index in [9.17, 15) is 19.2 Å². The van der Waals surface area contributed by atoms with Gasteiger partial charge in [0.25, 0.3) is 6.47 Å². The van der Waals surface area contributed by atoms with Gasteiger partial charge >= 0.3 is 17.9 Å². The number of hydrogen-bond donors (Lipinski definition) is 0. The third-order valence-corrected chi connectivity index (χ3v) is 4.77. The summed E-state index contributed by atoms with van der Waals surface area (Å²) in [7, 11) is 1.60. The van der Waals surface area contributed by atoms with E-state index < -0.39 is 48.4 Å². The molecule has 1 heterocycles. The van der Waals surface area contributed by atoms with Gasteiger partial charge in [-0.15, -0.1) is 0 Å². The highest BCUT2D eigenvalue weighted by Crippen LogP contribution is 2.30. The Kier molecular flexibility index (Phi) is 9.61. The van der Waals surface area contributed by atoms with Gasteiger partial charge in [0.05, 0.1) is 6.61 Å². The molecule has 1 fully saturated rings. The lowest BCUT2D eigenvalue weighted by Crippen LogP contribution is -2.62. The van der Waals surface area contributed by atoms with E-state index in [0.717, 1.165) is 11.1 Å². The lowest BCUT2D eigenvalue weighted by molar-refractivity contribution is -0.249. The lowest BCUT2D eigenvalue weighted by Gasteiger charge is -2.44. The molecule has 10 heteroatoms. The smallest absolute Gasteiger partial charge is 0.303 e. The molecule has 1 aromatic carbocycles. The Balaban J connectivity index is 2.37. The molecule has 1 aliphatic rings. The highest BCUT2D eigenvalue weighted by molar-refractivity contribution is 5.67. The topological polar surface area (TPSA) is 124 Å². The molecule has 1 aromatic rings. The number of carbonyl (C=O) groups excluding carboxylic acids is 4. The van der Waals surface area contributed by atoms with Crippen LogP contribution in [-0.2, 0) is 60.6 Å². The summed E-state index contributed by atoms with van der Waals surface area (Å²) in [5, 5.41) is 0. The van der Waals surface area contributed by atoms with Crippen LogP contribution in [0.4, 0.5) is 0 Å². The molecule has 0 amide bonds. The van der Waals surface area contributed by atoms with Crippen LogP contribution in [0.15, 0.2) is 24.3 Å². The molecule has 0 N–H and O–H groups in total. The summed E-state index contributed by atoms with van der Waals surface area (Å²) in [6, 6.07) is 7.53. The molecule has 32 heavy (non-hydrogen) atoms. The minimum absolute atomic E-state index is 0.172. The number of hydrogen-bond acceptors (Lipinski definition) is 10. The number of rotatable bonds is 10. The van der Waals surface area contributed by atoms with E-state index >= 15 is 0 Å². The predicted molar refractivity (Wildman–Crippen MR) is 108 cm³/mol. The molecule has 0 spiro atoms. The average Bonchev–Trinajstić information content (AvgIpc) is 2.72. The van der Waals surface area contributed by atoms with Gasteiger partial charge in [-0.3, -0.25) is 19.2 Å². The quantitative estimate of drug-likeness (QED) is 0.290. The van der Waals surface area contributed by atoms with Crippen molar-refractivity contribution in [2.24, 2.45) is 0 Å². The molecular weight excluding hydrogens is 424 g/mol. The van der Waals surface area contributed by atoms with Gasteiger partial charge in [0.15, 0.2) is 18.3 Å². The normalized spacial score (nSPS) is 24.8. The first-order chi connectivity index (χ1) is 15.2. The molecule has 10 nitrogen and oxygen atoms in total. The highest BCUT2D eigenvalue weighted by atomic mass is 16.7. The van der Waals surface area contributed by atoms with Crippen LogP contribution in [0.2, 0.25) is 0 Å². The maximum absolute atomic E-state index is 11.8. The van der Waals surface area contributed by atoms with E-state index in [2.05, 4.69) is 0 Å². The van der Waals surface area contributed by atoms with Crippen LogP contribution in [0.25, 0.3) is 0 Å². The minimum Gasteiger partial charge on any atom is -0.463 e. The van der Waals surface area contributed by atoms with Crippen LogP contribution >= 0.6 is 0 Å². The summed E-state index contributed by atoms with van der Waals surface area (Å²) in [6.07, 6.45) is -4.81. The summed E-state index contributed by atoms with van der Waals surface area (Å²) in [4.78, 5) is 46.0. The van der Waals surface area contributed by atoms with Crippen molar-refractivity contribution in [3.63, 3.8) is 0 Å². The Hall–Kier alpha value is -2.98. The monoisotopic (exact) mass is 452 g/mol. The fraction of sp³-hybridized carbons (Fsp3) is 0.545. The number of ether oxygens (including phenoxy) is 6. The summed E-state index contributed by atoms with van der Waals surface area (Å²) in [5.41, 5.74) is 1.83. The average molecular weight is 452 g/mol. The SMILES string of the molecule is COCc1ccc(C[C@@H]2O[C@H](COC(C)=O)[C@@H](OC=O)[C@H](OC(C)=O)[C@H]2OC(C)=O)cc1. The second-order valence-corrected chi connectivity index (χ2v) is 7.31. The molecule has 0 radical (unpaired) electrons. The van der Waals surface area contributed by atoms with E-state index in [4.69, 9.17) is 28.4 Å². The van der Waals surface area contributed by atoms with Gasteiger partial charge in [0.1, 0.15) is 18.8 Å². The van der Waals surface area contributed by atoms with Crippen LogP contribution in [0.5, 0.6) is 0 Å². The van der Waals surface area contributed by atoms with Crippen molar-refractivity contribution in [2.45, 2.75) is 64.3 Å². The third-order valence-electron chi connectivity index (χ3n) is 4.77. The first kappa shape index (κ1) is 25.3. The summed E-state index contributed by atoms with van der Waals surface area (Å²) in [5.74, 6) is -1.85. The molecule has 0 unspecified atom stereocenters. The molecule has 0 saturated carbocycles. The molecule has 5 atom stereocenters. The number of benzene rings is 1. The maximum Gasteiger partial charge on any atom is 0.303 e. The zero-order valence-electron chi connectivity index (χ0n) is 18.5. The summed E-state index contributed by atoms with van der Waals surface area (Å²) >= 11 is 0. The predicted octanol–water partition coefficient (Wildman–Crippen LogP) is 1.11. The van der Waals surface area contributed by atoms with E-state index in [1.54, 1.807) is 7.11 Å². The molecule has 1 saturated heterocycles. The zero-order valence-corrected chi connectivity index (χ0v) is 18.5. The fourth-order valence-electron chi connectivity index (χ4n) is 3.55. The number of carbonyl (C=O) groups is 4. The Morgan fingerprint density at radius 2 is 1.47 bits per heavy atom. The van der Waals surface area contributed by atoms with Crippen molar-refractivity contribution in [1.29, 1.82) is 0 Å². The Morgan fingerprint density at radius 1 is 0.875 bits per heavy atom. The molecule has 0 bridgehead atoms. The second kappa shape index (κ2) is 12.2. The van der Waals surface area contributed by atoms with Gasteiger partial charge in [0.2, 0.25) is 0 Å². The largest absolute Gasteiger partial charge is 0.463 e. The number of methoxy groups -OCH3 is 1. The van der Waals surface area contributed by atoms with Crippen molar-refractivity contribution in [2.75, 3.05) is 13.7 Å². The van der Waals surface area contributed by atoms with Crippen LogP contribution in [0.1, 0.15) is 31.9 Å². The molecule has 0 aliphatic carbocycles. The molecule has 2 rings (SSSR count). The second-order valence-electron chi connectivity index (χ2n) is 7.31. The Morgan fingerprint density at radius 3 is 2.00 bits per heavy atom. The van der Waals surface area contributed by atoms with Gasteiger partial charge in [-0.05, 0) is 11.1 Å². The fourth-order valence-corrected chi connectivity index (χ4v) is 3.55. The van der Waals surface area contributed by atoms with E-state index in [-0.39, 0.29) is 19.5 Å². The molecule has 1 aliphatic heterocycles. The molecular formula is C22H28O10. The van der Waals surface area contributed by atoms with Gasteiger partial charge in [-0.1, -0.05) is 24.3 Å². The van der Waals surface area contributed by atoms with E-state index in [0.29, 0.717) is 6.61 Å². The van der Waals surface area contributed by atoms with Crippen LogP contribution in [0.3, 0.4) is 0 Å². The van der Waals surface area contributed by atoms with Crippen molar-refractivity contribution < 1.29 is 47.6 Å². The molecule has 176 valence electrons. The lowest BCUT2D eigenvalue weighted by atomic mass is 9.90. The first-order valence-corrected chi connectivity index (χ1v) is 10.0. The maximum atomic E-state index is 11.8. The van der Waals surface area contributed by atoms with Gasteiger partial charge in [0, 0.05) is 34.3 Å². The van der Waals surface area contributed by atoms with Crippen molar-refractivity contribution in [3.8, 4) is 0 Å². The molecule has 0 aromatic heterocycles. The standard InChI is InChI=1S/C22H28O10/c1-13(24)28-11-19-20(29-12-23)22(31-15(3)26)21(30-14(2)25)18(32-19)9-16-5-7-17(8-6-16)10-27-4/h5-8,12,18-22H,9-11H2,1-4H3/t18-,19+,20+,21-,22-/m0/s1. The Bertz CT molecular complexity index is 790. The van der Waals surface area contributed by atoms with Crippen molar-refractivity contribution in [3.05, 3.63) is 35.4 Å². The van der Waals surface area contributed by atoms with Gasteiger partial charge in [-0.2, -0.15) is 0 Å². The van der Waals surface area contributed by atoms with Crippen LogP contribution in [0, 0.1) is 0 Å². The Labute approximate surface area is 186 Å². The van der Waals surface area contributed by atoms with Crippen LogP contribution < -0.4 is 0 Å². The summed E-state index contributed by atoms with van der Waals surface area (Å²) < 4.78 is 32.2. The van der Waals surface area contributed by atoms with Gasteiger partial charge in [-0.25, -0.2) is 0 Å². The highest BCUT2D eigenvalue weighted by Gasteiger charge is 2.51. The van der Waals surface area contributed by atoms with E-state index in [1.807, 2.05) is 24.3 Å². The third kappa shape index (κ3) is 7.31. The van der Waals surface area contributed by atoms with Crippen molar-refractivity contribution in [1.82, 2.24) is 0 Å². The van der Waals surface area contributed by atoms with Gasteiger partial charge < -0.3 is 28.4 Å².